The first kappa shape index (κ1) is 83.2. The van der Waals surface area contributed by atoms with Crippen LogP contribution in [-0.4, -0.2) is 107 Å². The molecule has 0 spiro atoms. The molecule has 0 saturated carbocycles. The molecule has 2 fully saturated rings. The highest BCUT2D eigenvalue weighted by Gasteiger charge is 2.52. The molecule has 2 aliphatic heterocycles. The summed E-state index contributed by atoms with van der Waals surface area (Å²) in [6.45, 7) is 28.4. The van der Waals surface area contributed by atoms with E-state index >= 15 is 0 Å². The van der Waals surface area contributed by atoms with Crippen molar-refractivity contribution < 1.29 is 76.5 Å². The fraction of sp³-hybridized carbons (Fsp3) is 0.662. The molecule has 0 aromatic heterocycles. The third-order valence-corrected chi connectivity index (χ3v) is 18.7. The van der Waals surface area contributed by atoms with Gasteiger partial charge in [-0.2, -0.15) is 0 Å². The normalized spacial score (nSPS) is 25.3. The zero-order valence-electron chi connectivity index (χ0n) is 57.8. The maximum Gasteiger partial charge on any atom is 0.276 e. The maximum absolute atomic E-state index is 13.1. The smallest absolute Gasteiger partial charge is 0.276 e. The molecule has 2 heterocycles. The summed E-state index contributed by atoms with van der Waals surface area (Å²) >= 11 is 0. The van der Waals surface area contributed by atoms with E-state index in [1.807, 2.05) is 0 Å². The first-order valence-electron chi connectivity index (χ1n) is 32.8. The lowest BCUT2D eigenvalue weighted by Gasteiger charge is -2.49. The van der Waals surface area contributed by atoms with Crippen LogP contribution in [0.2, 0.25) is 0 Å². The number of aliphatic hydroxyl groups excluding tert-OH is 4. The summed E-state index contributed by atoms with van der Waals surface area (Å²) in [6.07, 6.45) is 32.3. The lowest BCUT2D eigenvalue weighted by molar-refractivity contribution is -0.331. The largest absolute Gasteiger partial charge is 0.756 e. The van der Waals surface area contributed by atoms with Gasteiger partial charge in [0.05, 0.1) is 25.4 Å². The zero-order chi connectivity index (χ0) is 68.3. The van der Waals surface area contributed by atoms with Crippen molar-refractivity contribution in [3.63, 3.8) is 0 Å². The van der Waals surface area contributed by atoms with Gasteiger partial charge in [0.2, 0.25) is 11.8 Å². The van der Waals surface area contributed by atoms with E-state index in [-0.39, 0.29) is 0 Å². The SMILES string of the molecule is CC(=O)N[C@H]1[C@@H](OP(=O)([O-])OP(=O)([O-])OC/C=C(/C)CC/C=C(/C)CC/C=C(/C)CC/C=C(/C)CC/C=C(/C)CC/C=C(/C)CC/C=C(/C)CC/C=C(\C)CC/C=C(\C)CC/C=C(\C)CCC=C(C)C)O[C@H](C)[C@@H](NC(C)=O)[C@@H]1O[C@H]1O[C@H](CO)[C@@H](O)[C@H](O)[C@H]1O. The summed E-state index contributed by atoms with van der Waals surface area (Å²) in [6, 6.07) is -2.90. The number of hydrogen-bond donors (Lipinski definition) is 6. The molecule has 2 amide bonds. The minimum atomic E-state index is -5.89. The van der Waals surface area contributed by atoms with Crippen LogP contribution >= 0.6 is 15.6 Å². The molecule has 18 nitrogen and oxygen atoms in total. The molecule has 91 heavy (non-hydrogen) atoms. The van der Waals surface area contributed by atoms with Crippen molar-refractivity contribution >= 4 is 27.5 Å². The highest BCUT2D eigenvalue weighted by molar-refractivity contribution is 7.59. The van der Waals surface area contributed by atoms with E-state index in [9.17, 15) is 48.9 Å². The molecule has 518 valence electrons. The molecule has 20 heteroatoms. The number of phosphoric acid groups is 2. The number of phosphoric ester groups is 2. The minimum Gasteiger partial charge on any atom is -0.756 e. The van der Waals surface area contributed by atoms with Crippen LogP contribution in [0.5, 0.6) is 0 Å². The van der Waals surface area contributed by atoms with Crippen LogP contribution in [0.4, 0.5) is 0 Å². The summed E-state index contributed by atoms with van der Waals surface area (Å²) in [5.74, 6) is -1.41. The molecule has 0 aromatic rings. The van der Waals surface area contributed by atoms with Gasteiger partial charge in [-0.15, -0.1) is 0 Å². The summed E-state index contributed by atoms with van der Waals surface area (Å²) in [7, 11) is -11.5. The Morgan fingerprint density at radius 3 is 1.08 bits per heavy atom. The average molecular weight is 1320 g/mol. The molecule has 0 radical (unpaired) electrons. The number of rotatable bonds is 42. The van der Waals surface area contributed by atoms with Crippen LogP contribution in [0, 0.1) is 0 Å². The Bertz CT molecular complexity index is 2690. The van der Waals surface area contributed by atoms with E-state index in [1.165, 1.54) is 68.7 Å². The summed E-state index contributed by atoms with van der Waals surface area (Å²) < 4.78 is 57.2. The Kier molecular flexibility index (Phi) is 40.8. The van der Waals surface area contributed by atoms with Crippen molar-refractivity contribution in [2.75, 3.05) is 13.2 Å². The third kappa shape index (κ3) is 37.1. The van der Waals surface area contributed by atoms with Gasteiger partial charge < -0.3 is 59.6 Å². The second-order valence-electron chi connectivity index (χ2n) is 25.5. The second-order valence-corrected chi connectivity index (χ2v) is 28.4. The standard InChI is InChI=1S/C71H118N2O16P2/c1-49(2)26-16-27-50(3)28-17-29-51(4)30-18-31-52(5)32-19-33-53(6)34-20-35-54(7)36-21-37-55(8)38-22-39-56(9)40-23-41-57(10)42-24-43-58(11)44-25-45-59(12)46-47-84-90(80,81)89-91(82,83)88-70-65(73-62(15)76)69(64(60(13)85-70)72-61(14)75)87-71-68(79)67(78)66(77)63(48-74)86-71/h26,28,30,32,34,36,38,40,42,44,46,60,63-71,74,77-79H,16-25,27,29,31,33,35,37,39,41,43,45,47-48H2,1-15H3,(H,72,75)(H,73,76)(H,80,81)(H,82,83)/p-2/b50-28+,51-30+,52-32+,53-34-,54-36-,55-38-,56-40-,57-42-,58-44-,59-46-/t60-,63-,64-,65-,66-,67+,68-,69+,70-,71-/m1/s1. The lowest BCUT2D eigenvalue weighted by atomic mass is 9.93. The molecule has 2 aliphatic rings. The van der Waals surface area contributed by atoms with Crippen LogP contribution in [0.15, 0.2) is 128 Å². The first-order valence-corrected chi connectivity index (χ1v) is 35.8. The van der Waals surface area contributed by atoms with Crippen molar-refractivity contribution in [3.05, 3.63) is 128 Å². The van der Waals surface area contributed by atoms with E-state index in [1.54, 1.807) is 6.92 Å². The van der Waals surface area contributed by atoms with Crippen molar-refractivity contribution in [1.29, 1.82) is 0 Å². The van der Waals surface area contributed by atoms with E-state index < -0.39 is 102 Å². The average Bonchev–Trinajstić information content (AvgIpc) is 0.792. The van der Waals surface area contributed by atoms with Gasteiger partial charge in [-0.05, 0) is 218 Å². The molecule has 6 N–H and O–H groups in total. The van der Waals surface area contributed by atoms with Gasteiger partial charge in [-0.25, -0.2) is 4.31 Å². The Hall–Kier alpha value is -3.94. The number of hydrogen-bond acceptors (Lipinski definition) is 16. The number of carbonyl (C=O) groups is 2. The quantitative estimate of drug-likeness (QED) is 0.0245. The van der Waals surface area contributed by atoms with Gasteiger partial charge in [-0.3, -0.25) is 23.2 Å². The Morgan fingerprint density at radius 2 is 0.758 bits per heavy atom. The zero-order valence-corrected chi connectivity index (χ0v) is 59.6. The topological polar surface area (TPSA) is 275 Å². The molecule has 2 unspecified atom stereocenters. The van der Waals surface area contributed by atoms with Crippen LogP contribution in [0.3, 0.4) is 0 Å². The highest BCUT2D eigenvalue weighted by atomic mass is 31.3. The van der Waals surface area contributed by atoms with Crippen LogP contribution in [-0.2, 0) is 46.3 Å². The van der Waals surface area contributed by atoms with Gasteiger partial charge in [0, 0.05) is 13.8 Å². The van der Waals surface area contributed by atoms with E-state index in [4.69, 9.17) is 23.3 Å². The van der Waals surface area contributed by atoms with Gasteiger partial charge >= 0.3 is 0 Å². The number of aliphatic hydroxyl groups is 4. The van der Waals surface area contributed by atoms with Crippen molar-refractivity contribution in [1.82, 2.24) is 10.6 Å². The molecular formula is C71H116N2O16P2-2. The van der Waals surface area contributed by atoms with Gasteiger partial charge in [0.1, 0.15) is 36.6 Å². The van der Waals surface area contributed by atoms with Crippen LogP contribution in [0.25, 0.3) is 0 Å². The Morgan fingerprint density at radius 1 is 0.440 bits per heavy atom. The van der Waals surface area contributed by atoms with E-state index in [0.29, 0.717) is 12.8 Å². The highest BCUT2D eigenvalue weighted by Crippen LogP contribution is 2.57. The monoisotopic (exact) mass is 1310 g/mol. The number of ether oxygens (including phenoxy) is 3. The van der Waals surface area contributed by atoms with Crippen molar-refractivity contribution in [2.45, 2.75) is 294 Å². The first-order chi connectivity index (χ1) is 42.8. The second kappa shape index (κ2) is 44.7. The predicted molar refractivity (Wildman–Crippen MR) is 361 cm³/mol. The van der Waals surface area contributed by atoms with Gasteiger partial charge in [0.25, 0.3) is 15.6 Å². The maximum atomic E-state index is 13.1. The molecule has 2 rings (SSSR count). The fourth-order valence-electron chi connectivity index (χ4n) is 10.5. The van der Waals surface area contributed by atoms with Gasteiger partial charge in [-0.1, -0.05) is 128 Å². The minimum absolute atomic E-state index is 0.546. The predicted octanol–water partition coefficient (Wildman–Crippen LogP) is 14.1. The number of amides is 2. The molecule has 0 bridgehead atoms. The number of allylic oxidation sites excluding steroid dienone is 21. The molecule has 0 aliphatic carbocycles. The lowest BCUT2D eigenvalue weighted by Crippen LogP contribution is -2.70. The van der Waals surface area contributed by atoms with Crippen molar-refractivity contribution in [2.24, 2.45) is 0 Å². The Balaban J connectivity index is 1.72. The number of nitrogens with one attached hydrogen (secondary N) is 2. The summed E-state index contributed by atoms with van der Waals surface area (Å²) in [5.41, 5.74) is 15.1. The number of carbonyl (C=O) groups excluding carboxylic acids is 2. The molecule has 12 atom stereocenters. The summed E-state index contributed by atoms with van der Waals surface area (Å²) in [4.78, 5) is 50.5. The van der Waals surface area contributed by atoms with Crippen molar-refractivity contribution in [3.8, 4) is 0 Å². The molecule has 0 aromatic carbocycles. The van der Waals surface area contributed by atoms with E-state index in [0.717, 1.165) is 135 Å². The van der Waals surface area contributed by atoms with Crippen LogP contribution in [0.1, 0.15) is 232 Å². The van der Waals surface area contributed by atoms with Gasteiger partial charge in [0.15, 0.2) is 12.6 Å². The van der Waals surface area contributed by atoms with E-state index in [2.05, 4.69) is 152 Å². The molecular weight excluding hydrogens is 1200 g/mol. The Labute approximate surface area is 547 Å². The summed E-state index contributed by atoms with van der Waals surface area (Å²) in [5, 5.41) is 45.9. The van der Waals surface area contributed by atoms with Crippen LogP contribution < -0.4 is 20.4 Å². The molecule has 2 saturated heterocycles. The third-order valence-electron chi connectivity index (χ3n) is 16.2. The fourth-order valence-corrected chi connectivity index (χ4v) is 12.5.